The highest BCUT2D eigenvalue weighted by atomic mass is 16.5. The normalized spacial score (nSPS) is 32.2. The van der Waals surface area contributed by atoms with Gasteiger partial charge in [-0.05, 0) is 48.6 Å². The first kappa shape index (κ1) is 14.8. The van der Waals surface area contributed by atoms with E-state index < -0.39 is 0 Å². The predicted molar refractivity (Wildman–Crippen MR) is 100 cm³/mol. The first-order chi connectivity index (χ1) is 12.8. The summed E-state index contributed by atoms with van der Waals surface area (Å²) in [7, 11) is 0. The fraction of sp³-hybridized carbons (Fsp3) is 0.409. The number of fused-ring (bicyclic) bond motifs is 1. The molecule has 7 rings (SSSR count). The third-order valence-corrected chi connectivity index (χ3v) is 6.47. The molecular formula is C22H22N2O2. The molecule has 3 aliphatic heterocycles. The Morgan fingerprint density at radius 1 is 0.962 bits per heavy atom. The zero-order valence-corrected chi connectivity index (χ0v) is 14.7. The van der Waals surface area contributed by atoms with Gasteiger partial charge in [0, 0.05) is 48.6 Å². The topological polar surface area (TPSA) is 38.5 Å². The quantitative estimate of drug-likeness (QED) is 0.712. The Balaban J connectivity index is 1.28. The smallest absolute Gasteiger partial charge is 0.138 e. The van der Waals surface area contributed by atoms with Crippen LogP contribution in [0.2, 0.25) is 0 Å². The largest absolute Gasteiger partial charge is 0.488 e. The summed E-state index contributed by atoms with van der Waals surface area (Å²) < 4.78 is 12.0. The third kappa shape index (κ3) is 2.36. The summed E-state index contributed by atoms with van der Waals surface area (Å²) in [6, 6.07) is 10.4. The lowest BCUT2D eigenvalue weighted by molar-refractivity contribution is -0.0985. The molecule has 4 aliphatic rings. The summed E-state index contributed by atoms with van der Waals surface area (Å²) in [4.78, 5) is 7.09. The van der Waals surface area contributed by atoms with E-state index >= 15 is 0 Å². The second-order valence-corrected chi connectivity index (χ2v) is 8.24. The maximum atomic E-state index is 6.52. The maximum absolute atomic E-state index is 6.52. The number of hydrogen-bond acceptors (Lipinski definition) is 4. The molecule has 26 heavy (non-hydrogen) atoms. The van der Waals surface area contributed by atoms with Crippen molar-refractivity contribution in [1.82, 2.24) is 9.88 Å². The molecule has 1 aromatic carbocycles. The van der Waals surface area contributed by atoms with Gasteiger partial charge >= 0.3 is 0 Å². The first-order valence-corrected chi connectivity index (χ1v) is 9.63. The lowest BCUT2D eigenvalue weighted by Gasteiger charge is -2.55. The van der Waals surface area contributed by atoms with Crippen LogP contribution in [0, 0.1) is 17.8 Å². The maximum Gasteiger partial charge on any atom is 0.138 e. The monoisotopic (exact) mass is 346 g/mol. The Bertz CT molecular complexity index is 935. The lowest BCUT2D eigenvalue weighted by Crippen LogP contribution is -2.61. The van der Waals surface area contributed by atoms with E-state index in [4.69, 9.17) is 9.15 Å². The molecule has 0 N–H and O–H groups in total. The zero-order valence-electron chi connectivity index (χ0n) is 14.7. The van der Waals surface area contributed by atoms with Gasteiger partial charge < -0.3 is 14.1 Å². The Morgan fingerprint density at radius 2 is 1.85 bits per heavy atom. The van der Waals surface area contributed by atoms with Gasteiger partial charge in [0.05, 0.1) is 12.5 Å². The molecule has 2 atom stereocenters. The molecule has 1 aliphatic carbocycles. The number of aromatic nitrogens is 1. The van der Waals surface area contributed by atoms with Gasteiger partial charge in [0.15, 0.2) is 0 Å². The van der Waals surface area contributed by atoms with Crippen LogP contribution in [0.1, 0.15) is 12.8 Å². The van der Waals surface area contributed by atoms with Crippen LogP contribution in [0.25, 0.3) is 22.1 Å². The number of nitrogens with zero attached hydrogens (tertiary/aromatic N) is 2. The second-order valence-electron chi connectivity index (χ2n) is 8.24. The van der Waals surface area contributed by atoms with Crippen molar-refractivity contribution in [3.05, 3.63) is 49.0 Å². The summed E-state index contributed by atoms with van der Waals surface area (Å²) in [5, 5.41) is 1.11. The van der Waals surface area contributed by atoms with Crippen LogP contribution in [-0.4, -0.2) is 35.6 Å². The van der Waals surface area contributed by atoms with Crippen molar-refractivity contribution in [1.29, 1.82) is 0 Å². The highest BCUT2D eigenvalue weighted by Gasteiger charge is 2.48. The Hall–Kier alpha value is -2.33. The molecule has 0 unspecified atom stereocenters. The van der Waals surface area contributed by atoms with Gasteiger partial charge in [0.2, 0.25) is 0 Å². The van der Waals surface area contributed by atoms with Gasteiger partial charge in [-0.3, -0.25) is 4.98 Å². The molecule has 4 heteroatoms. The average molecular weight is 346 g/mol. The first-order valence-electron chi connectivity index (χ1n) is 9.63. The number of hydrogen-bond donors (Lipinski definition) is 0. The van der Waals surface area contributed by atoms with E-state index in [2.05, 4.69) is 28.1 Å². The van der Waals surface area contributed by atoms with Gasteiger partial charge in [-0.25, -0.2) is 0 Å². The van der Waals surface area contributed by atoms with Crippen LogP contribution < -0.4 is 4.74 Å². The minimum atomic E-state index is 0.358. The van der Waals surface area contributed by atoms with Crippen LogP contribution >= 0.6 is 0 Å². The summed E-state index contributed by atoms with van der Waals surface area (Å²) in [6.07, 6.45) is 8.54. The van der Waals surface area contributed by atoms with Crippen molar-refractivity contribution in [3.8, 4) is 16.9 Å². The van der Waals surface area contributed by atoms with E-state index in [0.29, 0.717) is 17.9 Å². The molecular weight excluding hydrogens is 324 g/mol. The van der Waals surface area contributed by atoms with E-state index in [9.17, 15) is 0 Å². The molecule has 4 nitrogen and oxygen atoms in total. The average Bonchev–Trinajstić information content (AvgIpc) is 3.12. The van der Waals surface area contributed by atoms with Crippen molar-refractivity contribution < 1.29 is 9.15 Å². The van der Waals surface area contributed by atoms with Crippen LogP contribution in [-0.2, 0) is 0 Å². The lowest BCUT2D eigenvalue weighted by atomic mass is 9.66. The van der Waals surface area contributed by atoms with Crippen molar-refractivity contribution in [2.45, 2.75) is 18.9 Å². The molecule has 5 heterocycles. The van der Waals surface area contributed by atoms with Crippen LogP contribution in [0.3, 0.4) is 0 Å². The summed E-state index contributed by atoms with van der Waals surface area (Å²) in [5.41, 5.74) is 3.16. The van der Waals surface area contributed by atoms with Gasteiger partial charge in [-0.1, -0.05) is 6.07 Å². The van der Waals surface area contributed by atoms with E-state index in [1.54, 1.807) is 6.26 Å². The van der Waals surface area contributed by atoms with Gasteiger partial charge in [0.25, 0.3) is 0 Å². The van der Waals surface area contributed by atoms with E-state index in [0.717, 1.165) is 33.8 Å². The fourth-order valence-electron chi connectivity index (χ4n) is 5.50. The molecule has 1 saturated carbocycles. The molecule has 4 bridgehead atoms. The third-order valence-electron chi connectivity index (χ3n) is 6.47. The van der Waals surface area contributed by atoms with Crippen LogP contribution in [0.15, 0.2) is 53.4 Å². The number of furan rings is 1. The summed E-state index contributed by atoms with van der Waals surface area (Å²) >= 11 is 0. The van der Waals surface area contributed by atoms with Crippen LogP contribution in [0.5, 0.6) is 5.75 Å². The van der Waals surface area contributed by atoms with E-state index in [-0.39, 0.29) is 0 Å². The van der Waals surface area contributed by atoms with Crippen molar-refractivity contribution in [2.75, 3.05) is 19.6 Å². The minimum Gasteiger partial charge on any atom is -0.488 e. The van der Waals surface area contributed by atoms with Gasteiger partial charge in [-0.15, -0.1) is 0 Å². The van der Waals surface area contributed by atoms with E-state index in [1.807, 2.05) is 24.5 Å². The fourth-order valence-corrected chi connectivity index (χ4v) is 5.50. The zero-order chi connectivity index (χ0) is 17.1. The minimum absolute atomic E-state index is 0.358. The molecule has 2 aromatic heterocycles. The number of benzene rings is 1. The molecule has 0 amide bonds. The van der Waals surface area contributed by atoms with Crippen molar-refractivity contribution in [3.63, 3.8) is 0 Å². The van der Waals surface area contributed by atoms with Gasteiger partial charge in [-0.2, -0.15) is 0 Å². The summed E-state index contributed by atoms with van der Waals surface area (Å²) in [5.74, 6) is 3.18. The van der Waals surface area contributed by atoms with E-state index in [1.165, 1.54) is 32.5 Å². The van der Waals surface area contributed by atoms with Gasteiger partial charge in [0.1, 0.15) is 17.4 Å². The Morgan fingerprint density at radius 3 is 2.69 bits per heavy atom. The number of piperidine rings is 3. The van der Waals surface area contributed by atoms with Crippen LogP contribution in [0.4, 0.5) is 0 Å². The number of rotatable bonds is 3. The van der Waals surface area contributed by atoms with Crippen molar-refractivity contribution in [2.24, 2.45) is 17.8 Å². The SMILES string of the molecule is c1cc2cc(-c3cncc(OC4[C@@H]5CC6C[C@@H]4CN(C6)C5)c3)ccc2o1. The number of pyridine rings is 1. The highest BCUT2D eigenvalue weighted by Crippen LogP contribution is 2.45. The standard InChI is InChI=1S/C22H22N2O2/c1-2-21-16(3-4-25-21)7-15(1)17-8-20(10-23-9-17)26-22-18-5-14-6-19(22)13-24(11-14)12-18/h1-4,7-10,14,18-19,22H,5-6,11-13H2/t14?,18-,19-,22?/m1/s1. The second kappa shape index (κ2) is 5.58. The van der Waals surface area contributed by atoms with Crippen molar-refractivity contribution >= 4 is 11.0 Å². The molecule has 4 fully saturated rings. The molecule has 0 spiro atoms. The molecule has 0 radical (unpaired) electrons. The number of ether oxygens (including phenoxy) is 1. The molecule has 3 aromatic rings. The Labute approximate surface area is 152 Å². The predicted octanol–water partition coefficient (Wildman–Crippen LogP) is 4.21. The summed E-state index contributed by atoms with van der Waals surface area (Å²) in [6.45, 7) is 3.73. The molecule has 132 valence electrons. The Kier molecular flexibility index (Phi) is 3.18. The molecule has 3 saturated heterocycles. The highest BCUT2D eigenvalue weighted by molar-refractivity contribution is 5.83.